The second-order valence-corrected chi connectivity index (χ2v) is 5.64. The van der Waals surface area contributed by atoms with Crippen LogP contribution < -0.4 is 0 Å². The fourth-order valence-corrected chi connectivity index (χ4v) is 3.37. The number of hydrogen-bond donors (Lipinski definition) is 1. The topological polar surface area (TPSA) is 16.1 Å². The molecule has 0 amide bonds. The fourth-order valence-electron chi connectivity index (χ4n) is 3.01. The molecular weight excluding hydrogens is 252 g/mol. The Bertz CT molecular complexity index is 622. The molecule has 0 bridgehead atoms. The number of fused-ring (bicyclic) bond motifs is 2. The van der Waals surface area contributed by atoms with Gasteiger partial charge in [-0.15, -0.1) is 0 Å². The molecule has 0 unspecified atom stereocenters. The zero-order chi connectivity index (χ0) is 13.4. The van der Waals surface area contributed by atoms with Crippen LogP contribution in [0.4, 0.5) is 0 Å². The Morgan fingerprint density at radius 2 is 2.21 bits per heavy atom. The van der Waals surface area contributed by atoms with Crippen molar-refractivity contribution >= 4 is 23.5 Å². The smallest absolute Gasteiger partial charge is 0.0740 e. The van der Waals surface area contributed by atoms with Gasteiger partial charge < -0.3 is 4.90 Å². The van der Waals surface area contributed by atoms with Crippen molar-refractivity contribution in [2.45, 2.75) is 32.1 Å². The lowest BCUT2D eigenvalue weighted by Crippen LogP contribution is -2.28. The first kappa shape index (κ1) is 12.9. The zero-order valence-electron chi connectivity index (χ0n) is 11.6. The van der Waals surface area contributed by atoms with Gasteiger partial charge in [-0.05, 0) is 30.2 Å². The van der Waals surface area contributed by atoms with Gasteiger partial charge in [-0.3, -0.25) is 4.98 Å². The molecule has 100 valence electrons. The minimum absolute atomic E-state index is 0.794. The van der Waals surface area contributed by atoms with E-state index in [1.54, 1.807) is 0 Å². The Balaban J connectivity index is 2.32. The highest BCUT2D eigenvalue weighted by Crippen LogP contribution is 2.30. The zero-order valence-corrected chi connectivity index (χ0v) is 12.5. The van der Waals surface area contributed by atoms with Crippen LogP contribution in [-0.4, -0.2) is 23.5 Å². The van der Waals surface area contributed by atoms with Gasteiger partial charge in [-0.25, -0.2) is 0 Å². The predicted octanol–water partition coefficient (Wildman–Crippen LogP) is 3.21. The number of hydrogen-bond acceptors (Lipinski definition) is 3. The van der Waals surface area contributed by atoms with Crippen LogP contribution in [0.2, 0.25) is 0 Å². The van der Waals surface area contributed by atoms with Crippen LogP contribution >= 0.6 is 12.6 Å². The van der Waals surface area contributed by atoms with Gasteiger partial charge in [0.25, 0.3) is 0 Å². The van der Waals surface area contributed by atoms with Gasteiger partial charge in [-0.2, -0.15) is 12.6 Å². The molecular formula is C16H20N2S. The van der Waals surface area contributed by atoms with E-state index in [1.165, 1.54) is 33.3 Å². The molecule has 2 aromatic rings. The average molecular weight is 272 g/mol. The molecule has 3 heteroatoms. The van der Waals surface area contributed by atoms with Crippen molar-refractivity contribution in [2.75, 3.05) is 13.6 Å². The van der Waals surface area contributed by atoms with E-state index >= 15 is 0 Å². The summed E-state index contributed by atoms with van der Waals surface area (Å²) in [5.74, 6) is 0.794. The van der Waals surface area contributed by atoms with E-state index in [2.05, 4.69) is 49.7 Å². The largest absolute Gasteiger partial charge is 0.302 e. The number of pyridine rings is 1. The van der Waals surface area contributed by atoms with Crippen LogP contribution in [0.1, 0.15) is 29.3 Å². The summed E-state index contributed by atoms with van der Waals surface area (Å²) in [4.78, 5) is 7.34. The Morgan fingerprint density at radius 1 is 1.37 bits per heavy atom. The van der Waals surface area contributed by atoms with Crippen molar-refractivity contribution in [1.29, 1.82) is 0 Å². The number of likely N-dealkylation sites (N-methyl/N-ethyl adjacent to an activating group) is 1. The molecule has 0 atom stereocenters. The van der Waals surface area contributed by atoms with Gasteiger partial charge in [0.1, 0.15) is 0 Å². The molecule has 2 nitrogen and oxygen atoms in total. The molecule has 0 N–H and O–H groups in total. The van der Waals surface area contributed by atoms with Crippen molar-refractivity contribution in [2.24, 2.45) is 0 Å². The first-order chi connectivity index (χ1) is 9.24. The quantitative estimate of drug-likeness (QED) is 0.845. The molecule has 3 rings (SSSR count). The van der Waals surface area contributed by atoms with Crippen molar-refractivity contribution < 1.29 is 0 Å². The number of aryl methyl sites for hydroxylation is 1. The summed E-state index contributed by atoms with van der Waals surface area (Å²) in [5, 5.41) is 1.29. The summed E-state index contributed by atoms with van der Waals surface area (Å²) in [7, 11) is 2.18. The molecule has 0 aliphatic carbocycles. The number of rotatable bonds is 2. The maximum absolute atomic E-state index is 4.97. The Hall–Kier alpha value is -1.06. The van der Waals surface area contributed by atoms with E-state index in [-0.39, 0.29) is 0 Å². The molecule has 0 saturated carbocycles. The van der Waals surface area contributed by atoms with E-state index in [1.807, 2.05) is 0 Å². The highest BCUT2D eigenvalue weighted by atomic mass is 32.1. The SMILES string of the molecule is CCc1cccc2c(CS)c3c(nc12)CCN(C)C3. The molecule has 1 aromatic carbocycles. The van der Waals surface area contributed by atoms with Crippen molar-refractivity contribution in [3.05, 3.63) is 40.6 Å². The van der Waals surface area contributed by atoms with Crippen molar-refractivity contribution in [3.63, 3.8) is 0 Å². The van der Waals surface area contributed by atoms with Gasteiger partial charge in [0.2, 0.25) is 0 Å². The summed E-state index contributed by atoms with van der Waals surface area (Å²) in [6.45, 7) is 4.31. The lowest BCUT2D eigenvalue weighted by molar-refractivity contribution is 0.309. The van der Waals surface area contributed by atoms with Gasteiger partial charge in [0.05, 0.1) is 5.52 Å². The minimum atomic E-state index is 0.794. The second-order valence-electron chi connectivity index (χ2n) is 5.33. The van der Waals surface area contributed by atoms with Gasteiger partial charge in [0, 0.05) is 36.3 Å². The normalized spacial score (nSPS) is 15.7. The maximum Gasteiger partial charge on any atom is 0.0740 e. The number of benzene rings is 1. The van der Waals surface area contributed by atoms with Crippen molar-refractivity contribution in [3.8, 4) is 0 Å². The molecule has 0 saturated heterocycles. The molecule has 0 fully saturated rings. The van der Waals surface area contributed by atoms with Crippen LogP contribution in [0.5, 0.6) is 0 Å². The third-order valence-electron chi connectivity index (χ3n) is 4.10. The van der Waals surface area contributed by atoms with Crippen molar-refractivity contribution in [1.82, 2.24) is 9.88 Å². The summed E-state index contributed by atoms with van der Waals surface area (Å²) < 4.78 is 0. The number of aromatic nitrogens is 1. The Morgan fingerprint density at radius 3 is 2.95 bits per heavy atom. The standard InChI is InChI=1S/C16H20N2S/c1-3-11-5-4-6-12-14(10-19)13-9-18(2)8-7-15(13)17-16(11)12/h4-6,19H,3,7-10H2,1-2H3. The average Bonchev–Trinajstić information content (AvgIpc) is 2.44. The lowest BCUT2D eigenvalue weighted by Gasteiger charge is -2.27. The first-order valence-corrected chi connectivity index (χ1v) is 7.59. The number of nitrogens with zero attached hydrogens (tertiary/aromatic N) is 2. The summed E-state index contributed by atoms with van der Waals surface area (Å²) in [6.07, 6.45) is 2.09. The molecule has 19 heavy (non-hydrogen) atoms. The maximum atomic E-state index is 4.97. The highest BCUT2D eigenvalue weighted by Gasteiger charge is 2.20. The molecule has 0 radical (unpaired) electrons. The van der Waals surface area contributed by atoms with Crippen LogP contribution in [-0.2, 0) is 25.1 Å². The summed E-state index contributed by atoms with van der Waals surface area (Å²) in [5.41, 5.74) is 6.62. The Kier molecular flexibility index (Phi) is 3.50. The van der Waals surface area contributed by atoms with E-state index in [0.29, 0.717) is 0 Å². The van der Waals surface area contributed by atoms with Gasteiger partial charge in [0.15, 0.2) is 0 Å². The molecule has 1 aliphatic rings. The molecule has 0 spiro atoms. The summed E-state index contributed by atoms with van der Waals surface area (Å²) >= 11 is 4.57. The van der Waals surface area contributed by atoms with Crippen LogP contribution in [0.3, 0.4) is 0 Å². The highest BCUT2D eigenvalue weighted by molar-refractivity contribution is 7.79. The van der Waals surface area contributed by atoms with Gasteiger partial charge >= 0.3 is 0 Å². The number of thiol groups is 1. The van der Waals surface area contributed by atoms with E-state index < -0.39 is 0 Å². The van der Waals surface area contributed by atoms with E-state index in [0.717, 1.165) is 31.7 Å². The first-order valence-electron chi connectivity index (χ1n) is 6.96. The second kappa shape index (κ2) is 5.14. The Labute approximate surface area is 120 Å². The monoisotopic (exact) mass is 272 g/mol. The summed E-state index contributed by atoms with van der Waals surface area (Å²) in [6, 6.07) is 6.54. The molecule has 1 aromatic heterocycles. The fraction of sp³-hybridized carbons (Fsp3) is 0.438. The van der Waals surface area contributed by atoms with Crippen LogP contribution in [0.25, 0.3) is 10.9 Å². The van der Waals surface area contributed by atoms with E-state index in [9.17, 15) is 0 Å². The van der Waals surface area contributed by atoms with Gasteiger partial charge in [-0.1, -0.05) is 25.1 Å². The predicted molar refractivity (Wildman–Crippen MR) is 83.8 cm³/mol. The number of para-hydroxylation sites is 1. The van der Waals surface area contributed by atoms with Crippen LogP contribution in [0.15, 0.2) is 18.2 Å². The van der Waals surface area contributed by atoms with Crippen LogP contribution in [0, 0.1) is 0 Å². The lowest BCUT2D eigenvalue weighted by atomic mass is 9.95. The van der Waals surface area contributed by atoms with E-state index in [4.69, 9.17) is 4.98 Å². The minimum Gasteiger partial charge on any atom is -0.302 e. The third-order valence-corrected chi connectivity index (χ3v) is 4.42. The molecule has 2 heterocycles. The third kappa shape index (κ3) is 2.15. The molecule has 1 aliphatic heterocycles.